The van der Waals surface area contributed by atoms with Crippen LogP contribution >= 0.6 is 0 Å². The molecule has 0 aliphatic heterocycles. The van der Waals surface area contributed by atoms with Gasteiger partial charge in [0.15, 0.2) is 0 Å². The molecule has 0 bridgehead atoms. The third-order valence-electron chi connectivity index (χ3n) is 2.84. The topological polar surface area (TPSA) is 55.0 Å². The Balaban J connectivity index is 2.10. The Morgan fingerprint density at radius 1 is 1.26 bits per heavy atom. The fourth-order valence-corrected chi connectivity index (χ4v) is 1.96. The van der Waals surface area contributed by atoms with Crippen molar-refractivity contribution in [1.82, 2.24) is 9.97 Å². The van der Waals surface area contributed by atoms with E-state index < -0.39 is 0 Å². The molecule has 0 saturated carbocycles. The van der Waals surface area contributed by atoms with Gasteiger partial charge in [0.2, 0.25) is 0 Å². The van der Waals surface area contributed by atoms with E-state index in [0.29, 0.717) is 18.9 Å². The van der Waals surface area contributed by atoms with E-state index in [2.05, 4.69) is 9.97 Å². The van der Waals surface area contributed by atoms with Crippen LogP contribution in [0.2, 0.25) is 0 Å². The van der Waals surface area contributed by atoms with Gasteiger partial charge >= 0.3 is 0 Å². The van der Waals surface area contributed by atoms with Gasteiger partial charge in [-0.2, -0.15) is 0 Å². The highest BCUT2D eigenvalue weighted by Gasteiger charge is 2.03. The summed E-state index contributed by atoms with van der Waals surface area (Å²) in [4.78, 5) is 18.9. The fourth-order valence-electron chi connectivity index (χ4n) is 1.96. The standard InChI is InChI=1S/C15H18N2O2/c1-19-9-5-8-13-11-15(18)17-14(16-13)10-12-6-3-2-4-7-12/h2-4,6-7,11H,5,8-10H2,1H3,(H,16,17,18). The van der Waals surface area contributed by atoms with Gasteiger partial charge in [-0.25, -0.2) is 4.98 Å². The summed E-state index contributed by atoms with van der Waals surface area (Å²) in [6, 6.07) is 11.5. The van der Waals surface area contributed by atoms with Crippen LogP contribution in [0.5, 0.6) is 0 Å². The highest BCUT2D eigenvalue weighted by atomic mass is 16.5. The van der Waals surface area contributed by atoms with Crippen LogP contribution in [0.25, 0.3) is 0 Å². The Morgan fingerprint density at radius 2 is 2.05 bits per heavy atom. The van der Waals surface area contributed by atoms with Crippen LogP contribution in [0.1, 0.15) is 23.5 Å². The van der Waals surface area contributed by atoms with Crippen LogP contribution in [-0.4, -0.2) is 23.7 Å². The zero-order valence-corrected chi connectivity index (χ0v) is 11.1. The number of hydrogen-bond acceptors (Lipinski definition) is 3. The second-order valence-corrected chi connectivity index (χ2v) is 4.44. The van der Waals surface area contributed by atoms with Crippen LogP contribution in [-0.2, 0) is 17.6 Å². The minimum atomic E-state index is -0.0895. The van der Waals surface area contributed by atoms with Gasteiger partial charge in [0, 0.05) is 31.9 Å². The van der Waals surface area contributed by atoms with Crippen LogP contribution in [0.4, 0.5) is 0 Å². The maximum Gasteiger partial charge on any atom is 0.251 e. The highest BCUT2D eigenvalue weighted by molar-refractivity contribution is 5.19. The molecule has 0 saturated heterocycles. The van der Waals surface area contributed by atoms with Gasteiger partial charge in [0.05, 0.1) is 0 Å². The first kappa shape index (κ1) is 13.5. The van der Waals surface area contributed by atoms with Crippen LogP contribution < -0.4 is 5.56 Å². The fraction of sp³-hybridized carbons (Fsp3) is 0.333. The molecule has 2 rings (SSSR count). The number of rotatable bonds is 6. The zero-order valence-electron chi connectivity index (χ0n) is 11.1. The molecule has 0 fully saturated rings. The lowest BCUT2D eigenvalue weighted by Crippen LogP contribution is -2.13. The lowest BCUT2D eigenvalue weighted by molar-refractivity contribution is 0.195. The average Bonchev–Trinajstić information content (AvgIpc) is 2.39. The quantitative estimate of drug-likeness (QED) is 0.806. The highest BCUT2D eigenvalue weighted by Crippen LogP contribution is 2.05. The second kappa shape index (κ2) is 6.85. The van der Waals surface area contributed by atoms with Crippen LogP contribution in [0.3, 0.4) is 0 Å². The Morgan fingerprint density at radius 3 is 2.79 bits per heavy atom. The summed E-state index contributed by atoms with van der Waals surface area (Å²) in [5.41, 5.74) is 1.87. The van der Waals surface area contributed by atoms with Gasteiger partial charge in [-0.1, -0.05) is 30.3 Å². The molecule has 0 spiro atoms. The normalized spacial score (nSPS) is 10.6. The summed E-state index contributed by atoms with van der Waals surface area (Å²) in [6.45, 7) is 0.683. The second-order valence-electron chi connectivity index (χ2n) is 4.44. The Labute approximate surface area is 112 Å². The molecule has 4 heteroatoms. The van der Waals surface area contributed by atoms with Crippen molar-refractivity contribution >= 4 is 0 Å². The number of hydrogen-bond donors (Lipinski definition) is 1. The maximum atomic E-state index is 11.6. The number of methoxy groups -OCH3 is 1. The predicted octanol–water partition coefficient (Wildman–Crippen LogP) is 1.94. The van der Waals surface area contributed by atoms with E-state index in [0.717, 1.165) is 24.1 Å². The van der Waals surface area contributed by atoms with E-state index in [-0.39, 0.29) is 5.56 Å². The molecule has 1 aromatic carbocycles. The van der Waals surface area contributed by atoms with Crippen molar-refractivity contribution in [3.8, 4) is 0 Å². The van der Waals surface area contributed by atoms with E-state index in [1.165, 1.54) is 0 Å². The summed E-state index contributed by atoms with van der Waals surface area (Å²) in [5, 5.41) is 0. The summed E-state index contributed by atoms with van der Waals surface area (Å²) in [6.07, 6.45) is 2.28. The summed E-state index contributed by atoms with van der Waals surface area (Å²) < 4.78 is 5.01. The first-order chi connectivity index (χ1) is 9.28. The van der Waals surface area contributed by atoms with E-state index in [1.54, 1.807) is 13.2 Å². The van der Waals surface area contributed by atoms with E-state index in [4.69, 9.17) is 4.74 Å². The molecule has 0 radical (unpaired) electrons. The lowest BCUT2D eigenvalue weighted by Gasteiger charge is -2.04. The molecule has 0 aliphatic carbocycles. The molecule has 1 aromatic heterocycles. The van der Waals surface area contributed by atoms with Crippen molar-refractivity contribution in [1.29, 1.82) is 0 Å². The van der Waals surface area contributed by atoms with Crippen molar-refractivity contribution in [3.63, 3.8) is 0 Å². The molecule has 4 nitrogen and oxygen atoms in total. The molecule has 100 valence electrons. The van der Waals surface area contributed by atoms with Gasteiger partial charge in [-0.05, 0) is 18.4 Å². The summed E-state index contributed by atoms with van der Waals surface area (Å²) in [7, 11) is 1.67. The Bertz CT molecular complexity index is 564. The van der Waals surface area contributed by atoms with E-state index in [1.807, 2.05) is 30.3 Å². The third kappa shape index (κ3) is 4.34. The molecule has 1 heterocycles. The van der Waals surface area contributed by atoms with Crippen LogP contribution in [0, 0.1) is 0 Å². The molecular weight excluding hydrogens is 240 g/mol. The number of aromatic nitrogens is 2. The number of H-pyrrole nitrogens is 1. The molecule has 2 aromatic rings. The monoisotopic (exact) mass is 258 g/mol. The van der Waals surface area contributed by atoms with E-state index >= 15 is 0 Å². The summed E-state index contributed by atoms with van der Waals surface area (Å²) >= 11 is 0. The van der Waals surface area contributed by atoms with Crippen molar-refractivity contribution in [2.75, 3.05) is 13.7 Å². The number of aryl methyl sites for hydroxylation is 1. The molecule has 0 atom stereocenters. The minimum absolute atomic E-state index is 0.0895. The number of nitrogens with one attached hydrogen (secondary N) is 1. The van der Waals surface area contributed by atoms with E-state index in [9.17, 15) is 4.79 Å². The first-order valence-electron chi connectivity index (χ1n) is 6.40. The molecular formula is C15H18N2O2. The van der Waals surface area contributed by atoms with Crippen molar-refractivity contribution in [2.45, 2.75) is 19.3 Å². The van der Waals surface area contributed by atoms with Crippen LogP contribution in [0.15, 0.2) is 41.2 Å². The average molecular weight is 258 g/mol. The maximum absolute atomic E-state index is 11.6. The summed E-state index contributed by atoms with van der Waals surface area (Å²) in [5.74, 6) is 0.714. The molecule has 1 N–H and O–H groups in total. The smallest absolute Gasteiger partial charge is 0.251 e. The molecule has 19 heavy (non-hydrogen) atoms. The SMILES string of the molecule is COCCCc1cc(=O)[nH]c(Cc2ccccc2)n1. The van der Waals surface area contributed by atoms with Gasteiger partial charge in [0.25, 0.3) is 5.56 Å². The van der Waals surface area contributed by atoms with Gasteiger partial charge in [-0.15, -0.1) is 0 Å². The molecule has 0 amide bonds. The first-order valence-corrected chi connectivity index (χ1v) is 6.40. The number of ether oxygens (including phenoxy) is 1. The lowest BCUT2D eigenvalue weighted by atomic mass is 10.1. The third-order valence-corrected chi connectivity index (χ3v) is 2.84. The van der Waals surface area contributed by atoms with Gasteiger partial charge in [0.1, 0.15) is 5.82 Å². The number of aromatic amines is 1. The number of benzene rings is 1. The van der Waals surface area contributed by atoms with Gasteiger partial charge in [-0.3, -0.25) is 4.79 Å². The van der Waals surface area contributed by atoms with Crippen molar-refractivity contribution in [2.24, 2.45) is 0 Å². The van der Waals surface area contributed by atoms with Crippen molar-refractivity contribution < 1.29 is 4.74 Å². The van der Waals surface area contributed by atoms with Crippen molar-refractivity contribution in [3.05, 3.63) is 63.8 Å². The molecule has 0 aliphatic rings. The predicted molar refractivity (Wildman–Crippen MR) is 74.3 cm³/mol. The molecule has 0 unspecified atom stereocenters. The zero-order chi connectivity index (χ0) is 13.5. The minimum Gasteiger partial charge on any atom is -0.385 e. The Kier molecular flexibility index (Phi) is 4.86. The number of nitrogens with zero attached hydrogens (tertiary/aromatic N) is 1. The van der Waals surface area contributed by atoms with Gasteiger partial charge < -0.3 is 9.72 Å². The Hall–Kier alpha value is -1.94. The largest absolute Gasteiger partial charge is 0.385 e.